The maximum absolute atomic E-state index is 11.8. The van der Waals surface area contributed by atoms with Gasteiger partial charge in [-0.15, -0.1) is 0 Å². The third kappa shape index (κ3) is 3.49. The van der Waals surface area contributed by atoms with Crippen LogP contribution in [0.15, 0.2) is 35.1 Å². The van der Waals surface area contributed by atoms with E-state index in [1.165, 1.54) is 13.1 Å². The van der Waals surface area contributed by atoms with E-state index in [1.807, 2.05) is 31.2 Å². The topological polar surface area (TPSA) is 61.2 Å². The monoisotopic (exact) mass is 306 g/mol. The summed E-state index contributed by atoms with van der Waals surface area (Å²) in [6.07, 6.45) is 0.910. The van der Waals surface area contributed by atoms with E-state index in [0.29, 0.717) is 18.1 Å². The predicted molar refractivity (Wildman–Crippen MR) is 80.9 cm³/mol. The summed E-state index contributed by atoms with van der Waals surface area (Å²) in [6.45, 7) is 2.65. The summed E-state index contributed by atoms with van der Waals surface area (Å²) in [5.74, 6) is 0.712. The second kappa shape index (κ2) is 6.54. The average molecular weight is 307 g/mol. The SMILES string of the molecule is CCCOc1cccc(-c2cc(C(=O)Cl)c(=O)n(C)n2)c1. The van der Waals surface area contributed by atoms with Crippen LogP contribution in [0.4, 0.5) is 0 Å². The summed E-state index contributed by atoms with van der Waals surface area (Å²) >= 11 is 5.43. The number of halogens is 1. The molecule has 0 aliphatic rings. The lowest BCUT2D eigenvalue weighted by atomic mass is 10.1. The van der Waals surface area contributed by atoms with Crippen molar-refractivity contribution >= 4 is 16.8 Å². The lowest BCUT2D eigenvalue weighted by Crippen LogP contribution is -2.25. The number of carbonyl (C=O) groups excluding carboxylic acids is 1. The maximum Gasteiger partial charge on any atom is 0.278 e. The molecule has 0 bridgehead atoms. The van der Waals surface area contributed by atoms with Gasteiger partial charge in [-0.2, -0.15) is 5.10 Å². The number of aryl methyl sites for hydroxylation is 1. The predicted octanol–water partition coefficient (Wildman–Crippen LogP) is 2.62. The molecule has 1 heterocycles. The molecule has 0 atom stereocenters. The first-order valence-electron chi connectivity index (χ1n) is 6.54. The van der Waals surface area contributed by atoms with Crippen molar-refractivity contribution in [1.82, 2.24) is 9.78 Å². The molecule has 1 aromatic carbocycles. The van der Waals surface area contributed by atoms with Gasteiger partial charge in [-0.05, 0) is 36.2 Å². The van der Waals surface area contributed by atoms with Gasteiger partial charge in [0.1, 0.15) is 11.3 Å². The number of aromatic nitrogens is 2. The zero-order valence-corrected chi connectivity index (χ0v) is 12.6. The van der Waals surface area contributed by atoms with Crippen LogP contribution in [0.1, 0.15) is 23.7 Å². The molecule has 0 unspecified atom stereocenters. The molecule has 21 heavy (non-hydrogen) atoms. The molecule has 1 aromatic heterocycles. The van der Waals surface area contributed by atoms with E-state index in [1.54, 1.807) is 0 Å². The minimum absolute atomic E-state index is 0.0935. The van der Waals surface area contributed by atoms with Crippen molar-refractivity contribution in [1.29, 1.82) is 0 Å². The minimum Gasteiger partial charge on any atom is -0.494 e. The van der Waals surface area contributed by atoms with Gasteiger partial charge in [-0.25, -0.2) is 4.68 Å². The summed E-state index contributed by atoms with van der Waals surface area (Å²) in [4.78, 5) is 23.1. The number of carbonyl (C=O) groups is 1. The van der Waals surface area contributed by atoms with Crippen LogP contribution < -0.4 is 10.3 Å². The van der Waals surface area contributed by atoms with Crippen molar-refractivity contribution in [2.75, 3.05) is 6.61 Å². The molecule has 0 spiro atoms. The van der Waals surface area contributed by atoms with Gasteiger partial charge >= 0.3 is 0 Å². The fourth-order valence-corrected chi connectivity index (χ4v) is 1.99. The second-order valence-electron chi connectivity index (χ2n) is 4.52. The molecule has 5 nitrogen and oxygen atoms in total. The summed E-state index contributed by atoms with van der Waals surface area (Å²) in [5.41, 5.74) is 0.627. The summed E-state index contributed by atoms with van der Waals surface area (Å²) in [6, 6.07) is 8.71. The van der Waals surface area contributed by atoms with Gasteiger partial charge in [0.2, 0.25) is 0 Å². The lowest BCUT2D eigenvalue weighted by molar-refractivity contribution is 0.107. The molecule has 0 saturated carbocycles. The highest BCUT2D eigenvalue weighted by molar-refractivity contribution is 6.67. The van der Waals surface area contributed by atoms with Crippen LogP contribution in [0, 0.1) is 0 Å². The molecule has 2 rings (SSSR count). The fraction of sp³-hybridized carbons (Fsp3) is 0.267. The first-order chi connectivity index (χ1) is 10.0. The van der Waals surface area contributed by atoms with Crippen LogP contribution >= 0.6 is 11.6 Å². The Bertz CT molecular complexity index is 725. The maximum atomic E-state index is 11.8. The summed E-state index contributed by atoms with van der Waals surface area (Å²) in [5, 5.41) is 3.35. The average Bonchev–Trinajstić information content (AvgIpc) is 2.47. The van der Waals surface area contributed by atoms with Crippen molar-refractivity contribution in [3.8, 4) is 17.0 Å². The van der Waals surface area contributed by atoms with Crippen molar-refractivity contribution in [3.05, 3.63) is 46.2 Å². The van der Waals surface area contributed by atoms with Gasteiger partial charge in [0.05, 0.1) is 12.3 Å². The van der Waals surface area contributed by atoms with Crippen LogP contribution in [-0.4, -0.2) is 21.6 Å². The van der Waals surface area contributed by atoms with Crippen LogP contribution in [-0.2, 0) is 7.05 Å². The normalized spacial score (nSPS) is 10.4. The second-order valence-corrected chi connectivity index (χ2v) is 4.87. The molecular formula is C15H15ClN2O3. The Morgan fingerprint density at radius 3 is 2.81 bits per heavy atom. The standard InChI is InChI=1S/C15H15ClN2O3/c1-3-7-21-11-6-4-5-10(8-11)13-9-12(14(16)19)15(20)18(2)17-13/h4-6,8-9H,3,7H2,1-2H3. The van der Waals surface area contributed by atoms with Crippen molar-refractivity contribution < 1.29 is 9.53 Å². The quantitative estimate of drug-likeness (QED) is 0.797. The van der Waals surface area contributed by atoms with Crippen molar-refractivity contribution in [2.24, 2.45) is 7.05 Å². The number of hydrogen-bond acceptors (Lipinski definition) is 4. The van der Waals surface area contributed by atoms with Gasteiger partial charge in [-0.1, -0.05) is 19.1 Å². The number of benzene rings is 1. The van der Waals surface area contributed by atoms with E-state index >= 15 is 0 Å². The number of ether oxygens (including phenoxy) is 1. The Morgan fingerprint density at radius 1 is 1.38 bits per heavy atom. The van der Waals surface area contributed by atoms with Crippen molar-refractivity contribution in [2.45, 2.75) is 13.3 Å². The van der Waals surface area contributed by atoms with Gasteiger partial charge in [0.15, 0.2) is 0 Å². The Kier molecular flexibility index (Phi) is 4.75. The molecule has 6 heteroatoms. The van der Waals surface area contributed by atoms with E-state index in [-0.39, 0.29) is 5.56 Å². The minimum atomic E-state index is -0.794. The summed E-state index contributed by atoms with van der Waals surface area (Å²) < 4.78 is 6.66. The third-order valence-corrected chi connectivity index (χ3v) is 3.08. The zero-order valence-electron chi connectivity index (χ0n) is 11.8. The number of hydrogen-bond donors (Lipinski definition) is 0. The van der Waals surface area contributed by atoms with Crippen LogP contribution in [0.25, 0.3) is 11.3 Å². The Balaban J connectivity index is 2.47. The van der Waals surface area contributed by atoms with Crippen LogP contribution in [0.2, 0.25) is 0 Å². The third-order valence-electron chi connectivity index (χ3n) is 2.88. The van der Waals surface area contributed by atoms with Gasteiger partial charge in [0.25, 0.3) is 10.8 Å². The molecule has 110 valence electrons. The van der Waals surface area contributed by atoms with E-state index in [2.05, 4.69) is 5.10 Å². The molecule has 0 aliphatic carbocycles. The molecule has 0 radical (unpaired) electrons. The Labute approximate surface area is 127 Å². The highest BCUT2D eigenvalue weighted by atomic mass is 35.5. The van der Waals surface area contributed by atoms with E-state index < -0.39 is 10.8 Å². The molecule has 0 aliphatic heterocycles. The molecule has 0 saturated heterocycles. The van der Waals surface area contributed by atoms with Gasteiger partial charge < -0.3 is 4.74 Å². The molecule has 0 N–H and O–H groups in total. The van der Waals surface area contributed by atoms with Gasteiger partial charge in [0, 0.05) is 12.6 Å². The van der Waals surface area contributed by atoms with Crippen molar-refractivity contribution in [3.63, 3.8) is 0 Å². The van der Waals surface area contributed by atoms with E-state index in [9.17, 15) is 9.59 Å². The van der Waals surface area contributed by atoms with Gasteiger partial charge in [-0.3, -0.25) is 9.59 Å². The van der Waals surface area contributed by atoms with Crippen LogP contribution in [0.5, 0.6) is 5.75 Å². The molecular weight excluding hydrogens is 292 g/mol. The number of nitrogens with zero attached hydrogens (tertiary/aromatic N) is 2. The first kappa shape index (κ1) is 15.3. The molecule has 0 amide bonds. The highest BCUT2D eigenvalue weighted by Gasteiger charge is 2.13. The smallest absolute Gasteiger partial charge is 0.278 e. The van der Waals surface area contributed by atoms with E-state index in [0.717, 1.165) is 16.7 Å². The zero-order chi connectivity index (χ0) is 15.4. The molecule has 0 fully saturated rings. The first-order valence-corrected chi connectivity index (χ1v) is 6.92. The molecule has 2 aromatic rings. The highest BCUT2D eigenvalue weighted by Crippen LogP contribution is 2.22. The van der Waals surface area contributed by atoms with E-state index in [4.69, 9.17) is 16.3 Å². The lowest BCUT2D eigenvalue weighted by Gasteiger charge is -2.08. The van der Waals surface area contributed by atoms with Crippen LogP contribution in [0.3, 0.4) is 0 Å². The number of rotatable bonds is 5. The Hall–Kier alpha value is -2.14. The Morgan fingerprint density at radius 2 is 2.14 bits per heavy atom. The fourth-order valence-electron chi connectivity index (χ4n) is 1.86. The largest absolute Gasteiger partial charge is 0.494 e. The summed E-state index contributed by atoms with van der Waals surface area (Å²) in [7, 11) is 1.48.